The molecule has 0 atom stereocenters. The molecule has 0 amide bonds. The minimum Gasteiger partial charge on any atom is -0.478 e. The number of rotatable bonds is 4. The van der Waals surface area contributed by atoms with Crippen molar-refractivity contribution in [1.29, 1.82) is 0 Å². The first kappa shape index (κ1) is 11.7. The van der Waals surface area contributed by atoms with E-state index in [4.69, 9.17) is 5.11 Å². The topological polar surface area (TPSA) is 63.1 Å². The molecule has 0 saturated carbocycles. The molecule has 4 nitrogen and oxygen atoms in total. The molecule has 0 unspecified atom stereocenters. The largest absolute Gasteiger partial charge is 0.478 e. The third-order valence-electron chi connectivity index (χ3n) is 2.38. The van der Waals surface area contributed by atoms with Gasteiger partial charge in [0.2, 0.25) is 0 Å². The highest BCUT2D eigenvalue weighted by atomic mass is 32.1. The number of aryl methyl sites for hydroxylation is 1. The summed E-state index contributed by atoms with van der Waals surface area (Å²) in [7, 11) is 0. The van der Waals surface area contributed by atoms with Crippen molar-refractivity contribution < 1.29 is 9.90 Å². The molecule has 0 aliphatic rings. The number of hydrogen-bond donors (Lipinski definition) is 1. The zero-order chi connectivity index (χ0) is 12.3. The van der Waals surface area contributed by atoms with E-state index < -0.39 is 5.97 Å². The van der Waals surface area contributed by atoms with E-state index in [-0.39, 0.29) is 0 Å². The second-order valence-corrected chi connectivity index (χ2v) is 4.50. The summed E-state index contributed by atoms with van der Waals surface area (Å²) in [6.45, 7) is 2.01. The van der Waals surface area contributed by atoms with Crippen LogP contribution in [0.1, 0.15) is 29.4 Å². The van der Waals surface area contributed by atoms with Crippen LogP contribution in [0.4, 0.5) is 0 Å². The molecule has 17 heavy (non-hydrogen) atoms. The third-order valence-corrected chi connectivity index (χ3v) is 3.17. The van der Waals surface area contributed by atoms with Gasteiger partial charge in [-0.25, -0.2) is 4.79 Å². The summed E-state index contributed by atoms with van der Waals surface area (Å²) in [6, 6.07) is 3.35. The fourth-order valence-electron chi connectivity index (χ4n) is 1.60. The molecule has 88 valence electrons. The maximum Gasteiger partial charge on any atom is 0.337 e. The maximum absolute atomic E-state index is 11.0. The van der Waals surface area contributed by atoms with Crippen LogP contribution in [-0.4, -0.2) is 21.0 Å². The number of hydrogen-bond acceptors (Lipinski definition) is 4. The van der Waals surface area contributed by atoms with Gasteiger partial charge in [-0.15, -0.1) is 11.3 Å². The van der Waals surface area contributed by atoms with Crippen molar-refractivity contribution in [2.75, 3.05) is 0 Å². The van der Waals surface area contributed by atoms with E-state index in [2.05, 4.69) is 9.97 Å². The van der Waals surface area contributed by atoms with Gasteiger partial charge in [0.1, 0.15) is 0 Å². The lowest BCUT2D eigenvalue weighted by atomic mass is 10.1. The van der Waals surface area contributed by atoms with Crippen LogP contribution >= 0.6 is 11.3 Å². The van der Waals surface area contributed by atoms with Crippen LogP contribution in [0.3, 0.4) is 0 Å². The Hall–Kier alpha value is -1.75. The molecule has 1 N–H and O–H groups in total. The molecule has 2 rings (SSSR count). The monoisotopic (exact) mass is 248 g/mol. The van der Waals surface area contributed by atoms with E-state index in [1.807, 2.05) is 6.92 Å². The van der Waals surface area contributed by atoms with E-state index >= 15 is 0 Å². The van der Waals surface area contributed by atoms with Gasteiger partial charge in [0, 0.05) is 6.20 Å². The minimum atomic E-state index is -0.920. The first-order chi connectivity index (χ1) is 8.22. The average Bonchev–Trinajstić information content (AvgIpc) is 2.82. The Morgan fingerprint density at radius 2 is 2.29 bits per heavy atom. The fourth-order valence-corrected chi connectivity index (χ4v) is 2.19. The molecule has 2 heterocycles. The number of nitrogens with zero attached hydrogens (tertiary/aromatic N) is 2. The van der Waals surface area contributed by atoms with Crippen molar-refractivity contribution in [3.05, 3.63) is 35.1 Å². The number of carboxylic acids is 1. The van der Waals surface area contributed by atoms with E-state index in [0.717, 1.165) is 17.0 Å². The zero-order valence-electron chi connectivity index (χ0n) is 9.38. The second-order valence-electron chi connectivity index (χ2n) is 3.61. The van der Waals surface area contributed by atoms with Crippen molar-refractivity contribution in [1.82, 2.24) is 9.97 Å². The summed E-state index contributed by atoms with van der Waals surface area (Å²) in [5.74, 6) is -0.920. The number of pyridine rings is 1. The molecule has 0 aromatic carbocycles. The molecule has 5 heteroatoms. The second kappa shape index (κ2) is 5.05. The van der Waals surface area contributed by atoms with Gasteiger partial charge in [-0.1, -0.05) is 13.3 Å². The molecule has 2 aromatic heterocycles. The first-order valence-corrected chi connectivity index (χ1v) is 6.22. The maximum atomic E-state index is 11.0. The molecule has 0 aliphatic carbocycles. The fraction of sp³-hybridized carbons (Fsp3) is 0.250. The minimum absolute atomic E-state index is 0.292. The van der Waals surface area contributed by atoms with Crippen LogP contribution in [0.5, 0.6) is 0 Å². The SMILES string of the molecule is CCCc1nc(-c2cncs2)ccc1C(=O)O. The van der Waals surface area contributed by atoms with Crippen molar-refractivity contribution >= 4 is 17.3 Å². The number of aromatic carboxylic acids is 1. The Labute approximate surface area is 103 Å². The van der Waals surface area contributed by atoms with E-state index in [9.17, 15) is 4.79 Å². The lowest BCUT2D eigenvalue weighted by Gasteiger charge is -2.05. The van der Waals surface area contributed by atoms with Gasteiger partial charge in [0.15, 0.2) is 0 Å². The van der Waals surface area contributed by atoms with Crippen LogP contribution in [0.25, 0.3) is 10.6 Å². The Bertz CT molecular complexity index is 523. The van der Waals surface area contributed by atoms with Gasteiger partial charge in [0.25, 0.3) is 0 Å². The summed E-state index contributed by atoms with van der Waals surface area (Å²) >= 11 is 1.50. The lowest BCUT2D eigenvalue weighted by Crippen LogP contribution is -2.05. The molecule has 0 bridgehead atoms. The Balaban J connectivity index is 2.45. The molecular weight excluding hydrogens is 236 g/mol. The summed E-state index contributed by atoms with van der Waals surface area (Å²) in [6.07, 6.45) is 3.29. The number of carboxylic acid groups (broad SMARTS) is 1. The van der Waals surface area contributed by atoms with E-state index in [1.165, 1.54) is 11.3 Å². The lowest BCUT2D eigenvalue weighted by molar-refractivity contribution is 0.0695. The van der Waals surface area contributed by atoms with Crippen LogP contribution in [0.2, 0.25) is 0 Å². The molecule has 0 aliphatic heterocycles. The van der Waals surface area contributed by atoms with Gasteiger partial charge in [-0.3, -0.25) is 9.97 Å². The molecular formula is C12H12N2O2S. The highest BCUT2D eigenvalue weighted by Gasteiger charge is 2.12. The predicted octanol–water partition coefficient (Wildman–Crippen LogP) is 2.86. The molecule has 2 aromatic rings. The van der Waals surface area contributed by atoms with Crippen LogP contribution in [0.15, 0.2) is 23.8 Å². The molecule has 0 saturated heterocycles. The highest BCUT2D eigenvalue weighted by molar-refractivity contribution is 7.13. The number of carbonyl (C=O) groups is 1. The summed E-state index contributed by atoms with van der Waals surface area (Å²) in [5.41, 5.74) is 3.47. The van der Waals surface area contributed by atoms with Gasteiger partial charge in [0.05, 0.1) is 27.3 Å². The first-order valence-electron chi connectivity index (χ1n) is 5.34. The van der Waals surface area contributed by atoms with Gasteiger partial charge < -0.3 is 5.11 Å². The highest BCUT2D eigenvalue weighted by Crippen LogP contribution is 2.23. The van der Waals surface area contributed by atoms with Crippen molar-refractivity contribution in [2.45, 2.75) is 19.8 Å². The Morgan fingerprint density at radius 3 is 2.88 bits per heavy atom. The number of thiazole rings is 1. The van der Waals surface area contributed by atoms with E-state index in [1.54, 1.807) is 23.8 Å². The normalized spacial score (nSPS) is 10.4. The van der Waals surface area contributed by atoms with Gasteiger partial charge in [-0.05, 0) is 18.6 Å². The molecule has 0 radical (unpaired) electrons. The van der Waals surface area contributed by atoms with Crippen LogP contribution in [0, 0.1) is 0 Å². The number of aromatic nitrogens is 2. The average molecular weight is 248 g/mol. The Morgan fingerprint density at radius 1 is 1.47 bits per heavy atom. The zero-order valence-corrected chi connectivity index (χ0v) is 10.2. The summed E-state index contributed by atoms with van der Waals surface area (Å²) in [5, 5.41) is 9.06. The van der Waals surface area contributed by atoms with Crippen LogP contribution in [-0.2, 0) is 6.42 Å². The summed E-state index contributed by atoms with van der Waals surface area (Å²) in [4.78, 5) is 20.4. The quantitative estimate of drug-likeness (QED) is 0.903. The standard InChI is InChI=1S/C12H12N2O2S/c1-2-3-9-8(12(15)16)4-5-10(14-9)11-6-13-7-17-11/h4-7H,2-3H2,1H3,(H,15,16). The third kappa shape index (κ3) is 2.50. The van der Waals surface area contributed by atoms with Crippen molar-refractivity contribution in [2.24, 2.45) is 0 Å². The van der Waals surface area contributed by atoms with Crippen molar-refractivity contribution in [3.8, 4) is 10.6 Å². The smallest absolute Gasteiger partial charge is 0.337 e. The van der Waals surface area contributed by atoms with Crippen LogP contribution < -0.4 is 0 Å². The summed E-state index contributed by atoms with van der Waals surface area (Å²) < 4.78 is 0. The molecule has 0 fully saturated rings. The Kier molecular flexibility index (Phi) is 3.49. The van der Waals surface area contributed by atoms with Gasteiger partial charge >= 0.3 is 5.97 Å². The molecule has 0 spiro atoms. The van der Waals surface area contributed by atoms with Gasteiger partial charge in [-0.2, -0.15) is 0 Å². The predicted molar refractivity (Wildman–Crippen MR) is 66.3 cm³/mol. The van der Waals surface area contributed by atoms with E-state index in [0.29, 0.717) is 17.7 Å². The van der Waals surface area contributed by atoms with Crippen molar-refractivity contribution in [3.63, 3.8) is 0 Å².